The maximum atomic E-state index is 13.6. The molecule has 8 heteroatoms. The van der Waals surface area contributed by atoms with Gasteiger partial charge < -0.3 is 14.6 Å². The fourth-order valence-corrected chi connectivity index (χ4v) is 4.42. The number of hydrogen-bond donors (Lipinski definition) is 0. The first-order valence-electron chi connectivity index (χ1n) is 9.99. The van der Waals surface area contributed by atoms with Crippen LogP contribution in [0.15, 0.2) is 77.2 Å². The Bertz CT molecular complexity index is 1340. The number of Topliss-reactive ketones (excluding diaryl/α,β-unsaturated/α-hetero) is 1. The molecule has 0 N–H and O–H groups in total. The van der Waals surface area contributed by atoms with E-state index < -0.39 is 5.97 Å². The number of hydrogen-bond acceptors (Lipinski definition) is 8. The SMILES string of the molecule is COc1ccc(C(=O)/C(Cc2ccc(SC)cc2)=C(\C(=O)[O-])c2ccc3nsnc3c2)cc1. The summed E-state index contributed by atoms with van der Waals surface area (Å²) in [6.45, 7) is 0. The summed E-state index contributed by atoms with van der Waals surface area (Å²) in [6.07, 6.45) is 2.11. The second-order valence-corrected chi connectivity index (χ2v) is 8.60. The Labute approximate surface area is 199 Å². The Morgan fingerprint density at radius 1 is 0.939 bits per heavy atom. The molecule has 0 saturated heterocycles. The number of methoxy groups -OCH3 is 1. The molecular formula is C25H19N2O4S2-. The van der Waals surface area contributed by atoms with Crippen LogP contribution in [0, 0.1) is 0 Å². The van der Waals surface area contributed by atoms with Crippen LogP contribution in [0.25, 0.3) is 16.6 Å². The van der Waals surface area contributed by atoms with Gasteiger partial charge in [0.1, 0.15) is 16.8 Å². The van der Waals surface area contributed by atoms with Gasteiger partial charge in [-0.05, 0) is 65.9 Å². The fourth-order valence-electron chi connectivity index (χ4n) is 3.50. The molecule has 0 aliphatic rings. The first-order chi connectivity index (χ1) is 16.0. The maximum Gasteiger partial charge on any atom is 0.190 e. The van der Waals surface area contributed by atoms with E-state index in [9.17, 15) is 14.7 Å². The first-order valence-corrected chi connectivity index (χ1v) is 11.9. The van der Waals surface area contributed by atoms with Crippen molar-refractivity contribution < 1.29 is 19.4 Å². The smallest absolute Gasteiger partial charge is 0.190 e. The van der Waals surface area contributed by atoms with Crippen LogP contribution >= 0.6 is 23.5 Å². The zero-order valence-corrected chi connectivity index (χ0v) is 19.5. The van der Waals surface area contributed by atoms with Gasteiger partial charge in [-0.3, -0.25) is 4.79 Å². The summed E-state index contributed by atoms with van der Waals surface area (Å²) < 4.78 is 13.5. The van der Waals surface area contributed by atoms with Crippen LogP contribution in [0.3, 0.4) is 0 Å². The zero-order chi connectivity index (χ0) is 23.4. The summed E-state index contributed by atoms with van der Waals surface area (Å²) in [6, 6.07) is 19.2. The quantitative estimate of drug-likeness (QED) is 0.216. The Balaban J connectivity index is 1.87. The standard InChI is InChI=1S/C25H20N2O4S2/c1-31-18-8-5-16(6-9-18)24(28)20(13-15-3-10-19(32-2)11-4-15)23(25(29)30)17-7-12-21-22(14-17)27-33-26-21/h3-12,14H,13H2,1-2H3,(H,29,30)/p-1/b23-20-. The molecule has 0 bridgehead atoms. The molecule has 0 radical (unpaired) electrons. The normalized spacial score (nSPS) is 11.8. The first kappa shape index (κ1) is 22.7. The van der Waals surface area contributed by atoms with Crippen LogP contribution in [0.4, 0.5) is 0 Å². The number of carboxylic acid groups (broad SMARTS) is 1. The van der Waals surface area contributed by atoms with E-state index in [-0.39, 0.29) is 23.4 Å². The number of aliphatic carboxylic acids is 1. The van der Waals surface area contributed by atoms with Crippen LogP contribution in [0.2, 0.25) is 0 Å². The van der Waals surface area contributed by atoms with Crippen LogP contribution < -0.4 is 9.84 Å². The van der Waals surface area contributed by atoms with E-state index in [4.69, 9.17) is 4.74 Å². The van der Waals surface area contributed by atoms with Crippen molar-refractivity contribution in [3.05, 3.63) is 89.0 Å². The van der Waals surface area contributed by atoms with E-state index in [1.807, 2.05) is 30.5 Å². The molecule has 0 fully saturated rings. The van der Waals surface area contributed by atoms with Crippen LogP contribution in [-0.2, 0) is 11.2 Å². The lowest BCUT2D eigenvalue weighted by atomic mass is 9.89. The van der Waals surface area contributed by atoms with Gasteiger partial charge in [0.05, 0.1) is 24.8 Å². The number of thioether (sulfide) groups is 1. The van der Waals surface area contributed by atoms with E-state index in [0.717, 1.165) is 22.2 Å². The summed E-state index contributed by atoms with van der Waals surface area (Å²) in [4.78, 5) is 27.0. The van der Waals surface area contributed by atoms with E-state index in [1.165, 1.54) is 7.11 Å². The van der Waals surface area contributed by atoms with E-state index in [2.05, 4.69) is 8.75 Å². The Morgan fingerprint density at radius 2 is 1.61 bits per heavy atom. The van der Waals surface area contributed by atoms with Crippen LogP contribution in [-0.4, -0.2) is 33.9 Å². The average molecular weight is 476 g/mol. The molecule has 4 rings (SSSR count). The van der Waals surface area contributed by atoms with E-state index in [0.29, 0.717) is 27.9 Å². The minimum atomic E-state index is -1.42. The molecule has 0 amide bonds. The highest BCUT2D eigenvalue weighted by atomic mass is 32.2. The lowest BCUT2D eigenvalue weighted by molar-refractivity contribution is -0.295. The lowest BCUT2D eigenvalue weighted by Crippen LogP contribution is -2.27. The van der Waals surface area contributed by atoms with Crippen molar-refractivity contribution in [1.29, 1.82) is 0 Å². The summed E-state index contributed by atoms with van der Waals surface area (Å²) in [5.74, 6) is -1.20. The van der Waals surface area contributed by atoms with Gasteiger partial charge in [0, 0.05) is 28.0 Å². The predicted molar refractivity (Wildman–Crippen MR) is 129 cm³/mol. The third-order valence-electron chi connectivity index (χ3n) is 5.21. The molecule has 0 aliphatic carbocycles. The molecular weight excluding hydrogens is 456 g/mol. The van der Waals surface area contributed by atoms with Gasteiger partial charge in [0.2, 0.25) is 0 Å². The Hall–Kier alpha value is -3.49. The molecule has 0 unspecified atom stereocenters. The van der Waals surface area contributed by atoms with Crippen molar-refractivity contribution in [1.82, 2.24) is 8.75 Å². The topological polar surface area (TPSA) is 92.2 Å². The Kier molecular flexibility index (Phi) is 6.86. The van der Waals surface area contributed by atoms with Crippen molar-refractivity contribution in [3.8, 4) is 5.75 Å². The molecule has 0 aliphatic heterocycles. The van der Waals surface area contributed by atoms with Gasteiger partial charge >= 0.3 is 0 Å². The van der Waals surface area contributed by atoms with Crippen molar-refractivity contribution in [2.45, 2.75) is 11.3 Å². The van der Waals surface area contributed by atoms with Crippen molar-refractivity contribution in [2.75, 3.05) is 13.4 Å². The minimum absolute atomic E-state index is 0.135. The van der Waals surface area contributed by atoms with Crippen molar-refractivity contribution in [2.24, 2.45) is 0 Å². The van der Waals surface area contributed by atoms with Gasteiger partial charge in [0.25, 0.3) is 0 Å². The highest BCUT2D eigenvalue weighted by Crippen LogP contribution is 2.28. The monoisotopic (exact) mass is 475 g/mol. The third kappa shape index (κ3) is 4.97. The molecule has 0 saturated carbocycles. The van der Waals surface area contributed by atoms with Gasteiger partial charge in [0.15, 0.2) is 5.78 Å². The average Bonchev–Trinajstić information content (AvgIpc) is 3.31. The number of allylic oxidation sites excluding steroid dienone is 1. The van der Waals surface area contributed by atoms with Crippen molar-refractivity contribution in [3.63, 3.8) is 0 Å². The Morgan fingerprint density at radius 3 is 2.24 bits per heavy atom. The van der Waals surface area contributed by atoms with Crippen molar-refractivity contribution >= 4 is 51.8 Å². The van der Waals surface area contributed by atoms with Gasteiger partial charge in [-0.1, -0.05) is 18.2 Å². The number of carbonyl (C=O) groups excluding carboxylic acids is 2. The molecule has 33 heavy (non-hydrogen) atoms. The number of carbonyl (C=O) groups is 2. The van der Waals surface area contributed by atoms with Crippen LogP contribution in [0.5, 0.6) is 5.75 Å². The molecule has 166 valence electrons. The number of benzene rings is 3. The maximum absolute atomic E-state index is 13.6. The van der Waals surface area contributed by atoms with Gasteiger partial charge in [-0.25, -0.2) is 0 Å². The molecule has 1 heterocycles. The summed E-state index contributed by atoms with van der Waals surface area (Å²) in [7, 11) is 1.54. The van der Waals surface area contributed by atoms with Gasteiger partial charge in [-0.15, -0.1) is 11.8 Å². The minimum Gasteiger partial charge on any atom is -0.545 e. The third-order valence-corrected chi connectivity index (χ3v) is 6.51. The number of nitrogens with zero attached hydrogens (tertiary/aromatic N) is 2. The van der Waals surface area contributed by atoms with Crippen LogP contribution in [0.1, 0.15) is 21.5 Å². The number of carboxylic acids is 1. The molecule has 0 atom stereocenters. The summed E-state index contributed by atoms with van der Waals surface area (Å²) >= 11 is 2.65. The van der Waals surface area contributed by atoms with E-state index in [1.54, 1.807) is 54.2 Å². The number of ketones is 1. The number of ether oxygens (including phenoxy) is 1. The highest BCUT2D eigenvalue weighted by Gasteiger charge is 2.21. The molecule has 6 nitrogen and oxygen atoms in total. The number of aromatic nitrogens is 2. The second-order valence-electron chi connectivity index (χ2n) is 7.19. The molecule has 0 spiro atoms. The molecule has 4 aromatic rings. The number of fused-ring (bicyclic) bond motifs is 1. The summed E-state index contributed by atoms with van der Waals surface area (Å²) in [5, 5.41) is 12.4. The molecule has 3 aromatic carbocycles. The summed E-state index contributed by atoms with van der Waals surface area (Å²) in [5.41, 5.74) is 2.75. The predicted octanol–water partition coefficient (Wildman–Crippen LogP) is 4.05. The zero-order valence-electron chi connectivity index (χ0n) is 17.9. The lowest BCUT2D eigenvalue weighted by Gasteiger charge is -2.17. The highest BCUT2D eigenvalue weighted by molar-refractivity contribution is 7.98. The van der Waals surface area contributed by atoms with Gasteiger partial charge in [-0.2, -0.15) is 8.75 Å². The second kappa shape index (κ2) is 9.97. The largest absolute Gasteiger partial charge is 0.545 e. The number of rotatable bonds is 8. The molecule has 1 aromatic heterocycles. The fraction of sp³-hybridized carbons (Fsp3) is 0.120. The van der Waals surface area contributed by atoms with E-state index >= 15 is 0 Å².